The molecule has 0 amide bonds. The highest BCUT2D eigenvalue weighted by Gasteiger charge is 2.29. The number of ether oxygens (including phenoxy) is 1. The molecule has 0 aromatic heterocycles. The number of hydrogen-bond donors (Lipinski definition) is 1. The predicted molar refractivity (Wildman–Crippen MR) is 81.3 cm³/mol. The van der Waals surface area contributed by atoms with Gasteiger partial charge in [0.2, 0.25) is 0 Å². The standard InChI is InChI=1S/C16H22BrNO/c1-11-9-12(4-7-15(11)17)16-13(3-2-8-19-16)10-18-14-5-6-14/h4,7,9,13-14,16,18H,2-3,5-6,8,10H2,1H3. The zero-order valence-electron chi connectivity index (χ0n) is 11.5. The molecular formula is C16H22BrNO. The topological polar surface area (TPSA) is 21.3 Å². The van der Waals surface area contributed by atoms with Crippen LogP contribution in [0.1, 0.15) is 42.9 Å². The zero-order chi connectivity index (χ0) is 13.2. The van der Waals surface area contributed by atoms with Crippen LogP contribution in [0.3, 0.4) is 0 Å². The summed E-state index contributed by atoms with van der Waals surface area (Å²) in [6.45, 7) is 4.15. The van der Waals surface area contributed by atoms with Gasteiger partial charge >= 0.3 is 0 Å². The molecule has 1 saturated heterocycles. The van der Waals surface area contributed by atoms with Crippen molar-refractivity contribution in [2.24, 2.45) is 5.92 Å². The van der Waals surface area contributed by atoms with Gasteiger partial charge in [0.1, 0.15) is 0 Å². The molecule has 1 N–H and O–H groups in total. The molecule has 1 heterocycles. The van der Waals surface area contributed by atoms with E-state index in [0.29, 0.717) is 5.92 Å². The Morgan fingerprint density at radius 2 is 2.16 bits per heavy atom. The molecule has 3 heteroatoms. The smallest absolute Gasteiger partial charge is 0.0865 e. The van der Waals surface area contributed by atoms with Crippen LogP contribution in [0.25, 0.3) is 0 Å². The van der Waals surface area contributed by atoms with E-state index in [4.69, 9.17) is 4.74 Å². The SMILES string of the molecule is Cc1cc(C2OCCCC2CNC2CC2)ccc1Br. The average molecular weight is 324 g/mol. The van der Waals surface area contributed by atoms with Gasteiger partial charge in [0, 0.05) is 29.6 Å². The van der Waals surface area contributed by atoms with Crippen LogP contribution in [0.15, 0.2) is 22.7 Å². The van der Waals surface area contributed by atoms with Crippen LogP contribution in [-0.2, 0) is 4.74 Å². The molecule has 2 unspecified atom stereocenters. The maximum atomic E-state index is 6.07. The summed E-state index contributed by atoms with van der Waals surface area (Å²) in [5.74, 6) is 0.620. The monoisotopic (exact) mass is 323 g/mol. The normalized spacial score (nSPS) is 27.5. The van der Waals surface area contributed by atoms with Crippen molar-refractivity contribution in [3.8, 4) is 0 Å². The second kappa shape index (κ2) is 5.94. The molecule has 1 aliphatic carbocycles. The first kappa shape index (κ1) is 13.6. The summed E-state index contributed by atoms with van der Waals surface area (Å²) in [5, 5.41) is 3.66. The fourth-order valence-corrected chi connectivity index (χ4v) is 3.12. The predicted octanol–water partition coefficient (Wildman–Crippen LogP) is 3.98. The van der Waals surface area contributed by atoms with Gasteiger partial charge in [-0.3, -0.25) is 0 Å². The number of nitrogens with one attached hydrogen (secondary N) is 1. The van der Waals surface area contributed by atoms with Crippen LogP contribution in [0, 0.1) is 12.8 Å². The van der Waals surface area contributed by atoms with Crippen LogP contribution in [0.4, 0.5) is 0 Å². The zero-order valence-corrected chi connectivity index (χ0v) is 13.1. The van der Waals surface area contributed by atoms with Gasteiger partial charge in [0.05, 0.1) is 6.10 Å². The molecule has 1 aromatic carbocycles. The molecule has 19 heavy (non-hydrogen) atoms. The van der Waals surface area contributed by atoms with E-state index in [1.54, 1.807) is 0 Å². The van der Waals surface area contributed by atoms with Crippen molar-refractivity contribution in [3.63, 3.8) is 0 Å². The highest BCUT2D eigenvalue weighted by atomic mass is 79.9. The summed E-state index contributed by atoms with van der Waals surface area (Å²) in [4.78, 5) is 0. The maximum absolute atomic E-state index is 6.07. The Morgan fingerprint density at radius 1 is 1.32 bits per heavy atom. The third-order valence-corrected chi connectivity index (χ3v) is 5.09. The minimum atomic E-state index is 0.270. The van der Waals surface area contributed by atoms with Gasteiger partial charge < -0.3 is 10.1 Å². The van der Waals surface area contributed by atoms with E-state index < -0.39 is 0 Å². The molecule has 2 aliphatic rings. The molecule has 2 fully saturated rings. The first-order valence-corrected chi connectivity index (χ1v) is 8.14. The summed E-state index contributed by atoms with van der Waals surface area (Å²) >= 11 is 3.57. The Labute approximate surface area is 124 Å². The van der Waals surface area contributed by atoms with E-state index in [0.717, 1.165) is 19.2 Å². The van der Waals surface area contributed by atoms with E-state index in [2.05, 4.69) is 46.4 Å². The minimum Gasteiger partial charge on any atom is -0.373 e. The van der Waals surface area contributed by atoms with E-state index in [-0.39, 0.29) is 6.10 Å². The summed E-state index contributed by atoms with van der Waals surface area (Å²) in [6.07, 6.45) is 5.46. The summed E-state index contributed by atoms with van der Waals surface area (Å²) in [6, 6.07) is 7.41. The first-order chi connectivity index (χ1) is 9.24. The van der Waals surface area contributed by atoms with Crippen LogP contribution < -0.4 is 5.32 Å². The molecule has 0 spiro atoms. The van der Waals surface area contributed by atoms with Gasteiger partial charge in [0.25, 0.3) is 0 Å². The lowest BCUT2D eigenvalue weighted by molar-refractivity contribution is -0.0278. The highest BCUT2D eigenvalue weighted by molar-refractivity contribution is 9.10. The van der Waals surface area contributed by atoms with Crippen LogP contribution >= 0.6 is 15.9 Å². The Hall–Kier alpha value is -0.380. The molecule has 2 nitrogen and oxygen atoms in total. The number of benzene rings is 1. The van der Waals surface area contributed by atoms with Gasteiger partial charge in [0.15, 0.2) is 0 Å². The largest absolute Gasteiger partial charge is 0.373 e. The number of rotatable bonds is 4. The summed E-state index contributed by atoms with van der Waals surface area (Å²) in [5.41, 5.74) is 2.63. The van der Waals surface area contributed by atoms with E-state index >= 15 is 0 Å². The van der Waals surface area contributed by atoms with Crippen molar-refractivity contribution in [1.82, 2.24) is 5.32 Å². The molecule has 104 valence electrons. The molecule has 0 bridgehead atoms. The lowest BCUT2D eigenvalue weighted by atomic mass is 9.89. The van der Waals surface area contributed by atoms with Crippen molar-refractivity contribution in [3.05, 3.63) is 33.8 Å². The van der Waals surface area contributed by atoms with Gasteiger partial charge in [-0.25, -0.2) is 0 Å². The lowest BCUT2D eigenvalue weighted by Gasteiger charge is -2.32. The first-order valence-electron chi connectivity index (χ1n) is 7.35. The van der Waals surface area contributed by atoms with Crippen LogP contribution in [0.5, 0.6) is 0 Å². The Morgan fingerprint density at radius 3 is 2.89 bits per heavy atom. The molecule has 0 radical (unpaired) electrons. The van der Waals surface area contributed by atoms with Crippen LogP contribution in [-0.4, -0.2) is 19.2 Å². The molecule has 2 atom stereocenters. The van der Waals surface area contributed by atoms with Crippen molar-refractivity contribution in [1.29, 1.82) is 0 Å². The molecule has 1 aromatic rings. The van der Waals surface area contributed by atoms with Crippen molar-refractivity contribution in [2.45, 2.75) is 44.8 Å². The average Bonchev–Trinajstić information content (AvgIpc) is 3.24. The second-order valence-corrected chi connectivity index (χ2v) is 6.74. The van der Waals surface area contributed by atoms with Gasteiger partial charge in [-0.05, 0) is 49.8 Å². The number of hydrogen-bond acceptors (Lipinski definition) is 2. The second-order valence-electron chi connectivity index (χ2n) is 5.88. The van der Waals surface area contributed by atoms with Gasteiger partial charge in [-0.2, -0.15) is 0 Å². The molecule has 1 saturated carbocycles. The Balaban J connectivity index is 1.72. The van der Waals surface area contributed by atoms with Crippen molar-refractivity contribution in [2.75, 3.05) is 13.2 Å². The lowest BCUT2D eigenvalue weighted by Crippen LogP contribution is -2.32. The van der Waals surface area contributed by atoms with E-state index in [1.165, 1.54) is 41.3 Å². The fourth-order valence-electron chi connectivity index (χ4n) is 2.87. The van der Waals surface area contributed by atoms with Crippen LogP contribution in [0.2, 0.25) is 0 Å². The fraction of sp³-hybridized carbons (Fsp3) is 0.625. The Kier molecular flexibility index (Phi) is 4.25. The van der Waals surface area contributed by atoms with E-state index in [9.17, 15) is 0 Å². The highest BCUT2D eigenvalue weighted by Crippen LogP contribution is 2.35. The Bertz CT molecular complexity index is 444. The quantitative estimate of drug-likeness (QED) is 0.905. The number of aryl methyl sites for hydroxylation is 1. The third kappa shape index (κ3) is 3.39. The minimum absolute atomic E-state index is 0.270. The maximum Gasteiger partial charge on any atom is 0.0865 e. The molecule has 1 aliphatic heterocycles. The number of halogens is 1. The van der Waals surface area contributed by atoms with Gasteiger partial charge in [-0.1, -0.05) is 28.1 Å². The van der Waals surface area contributed by atoms with E-state index in [1.807, 2.05) is 0 Å². The van der Waals surface area contributed by atoms with Crippen molar-refractivity contribution < 1.29 is 4.74 Å². The third-order valence-electron chi connectivity index (χ3n) is 4.20. The molecular weight excluding hydrogens is 302 g/mol. The molecule has 3 rings (SSSR count). The van der Waals surface area contributed by atoms with Crippen molar-refractivity contribution >= 4 is 15.9 Å². The van der Waals surface area contributed by atoms with Gasteiger partial charge in [-0.15, -0.1) is 0 Å². The summed E-state index contributed by atoms with van der Waals surface area (Å²) in [7, 11) is 0. The summed E-state index contributed by atoms with van der Waals surface area (Å²) < 4.78 is 7.25.